The smallest absolute Gasteiger partial charge is 0.326 e. The SMILES string of the molecule is CC(OC(=O)CNC(=O)c1ccc(Cl)c(Cl)c1)C(=O)Nc1ccc(C#N)cc1. The molecule has 0 aliphatic heterocycles. The molecule has 0 saturated heterocycles. The third-order valence-corrected chi connectivity index (χ3v) is 4.27. The Bertz CT molecular complexity index is 939. The fourth-order valence-corrected chi connectivity index (χ4v) is 2.35. The largest absolute Gasteiger partial charge is 0.451 e. The molecule has 1 unspecified atom stereocenters. The minimum atomic E-state index is -1.08. The third-order valence-electron chi connectivity index (χ3n) is 3.53. The minimum Gasteiger partial charge on any atom is -0.451 e. The summed E-state index contributed by atoms with van der Waals surface area (Å²) in [6.45, 7) is 0.977. The number of ether oxygens (including phenoxy) is 1. The zero-order valence-electron chi connectivity index (χ0n) is 14.7. The van der Waals surface area contributed by atoms with Crippen LogP contribution in [0.3, 0.4) is 0 Å². The minimum absolute atomic E-state index is 0.213. The number of hydrogen-bond donors (Lipinski definition) is 2. The highest BCUT2D eigenvalue weighted by molar-refractivity contribution is 6.42. The highest BCUT2D eigenvalue weighted by Gasteiger charge is 2.19. The number of anilines is 1. The Labute approximate surface area is 171 Å². The first kappa shape index (κ1) is 21.2. The summed E-state index contributed by atoms with van der Waals surface area (Å²) < 4.78 is 4.99. The fraction of sp³-hybridized carbons (Fsp3) is 0.158. The lowest BCUT2D eigenvalue weighted by atomic mass is 10.2. The highest BCUT2D eigenvalue weighted by Crippen LogP contribution is 2.22. The maximum absolute atomic E-state index is 12.1. The Morgan fingerprint density at radius 1 is 1.11 bits per heavy atom. The van der Waals surface area contributed by atoms with Crippen LogP contribution in [0.1, 0.15) is 22.8 Å². The van der Waals surface area contributed by atoms with Gasteiger partial charge in [0, 0.05) is 11.3 Å². The Balaban J connectivity index is 1.82. The van der Waals surface area contributed by atoms with Crippen molar-refractivity contribution in [2.45, 2.75) is 13.0 Å². The van der Waals surface area contributed by atoms with Crippen molar-refractivity contribution in [1.29, 1.82) is 5.26 Å². The molecule has 7 nitrogen and oxygen atoms in total. The lowest BCUT2D eigenvalue weighted by molar-refractivity contribution is -0.152. The van der Waals surface area contributed by atoms with Gasteiger partial charge in [-0.3, -0.25) is 14.4 Å². The van der Waals surface area contributed by atoms with E-state index in [-0.39, 0.29) is 10.6 Å². The van der Waals surface area contributed by atoms with Crippen LogP contribution in [-0.4, -0.2) is 30.4 Å². The number of carbonyl (C=O) groups is 3. The molecule has 0 aromatic heterocycles. The monoisotopic (exact) mass is 419 g/mol. The second-order valence-corrected chi connectivity index (χ2v) is 6.44. The van der Waals surface area contributed by atoms with E-state index in [1.165, 1.54) is 25.1 Å². The quantitative estimate of drug-likeness (QED) is 0.698. The van der Waals surface area contributed by atoms with Gasteiger partial charge in [0.15, 0.2) is 6.10 Å². The molecule has 2 N–H and O–H groups in total. The molecule has 0 bridgehead atoms. The molecule has 0 spiro atoms. The average molecular weight is 420 g/mol. The molecule has 144 valence electrons. The van der Waals surface area contributed by atoms with Crippen LogP contribution in [0, 0.1) is 11.3 Å². The van der Waals surface area contributed by atoms with Crippen molar-refractivity contribution in [2.24, 2.45) is 0 Å². The van der Waals surface area contributed by atoms with Crippen molar-refractivity contribution in [3.63, 3.8) is 0 Å². The molecule has 2 aromatic rings. The van der Waals surface area contributed by atoms with Gasteiger partial charge in [0.2, 0.25) is 0 Å². The van der Waals surface area contributed by atoms with E-state index in [4.69, 9.17) is 33.2 Å². The first-order valence-electron chi connectivity index (χ1n) is 8.04. The first-order chi connectivity index (χ1) is 13.3. The van der Waals surface area contributed by atoms with E-state index >= 15 is 0 Å². The fourth-order valence-electron chi connectivity index (χ4n) is 2.06. The number of nitriles is 1. The molecule has 0 radical (unpaired) electrons. The van der Waals surface area contributed by atoms with Crippen molar-refractivity contribution in [3.8, 4) is 6.07 Å². The van der Waals surface area contributed by atoms with Crippen molar-refractivity contribution in [1.82, 2.24) is 5.32 Å². The van der Waals surface area contributed by atoms with Gasteiger partial charge in [-0.15, -0.1) is 0 Å². The van der Waals surface area contributed by atoms with E-state index in [1.807, 2.05) is 6.07 Å². The molecule has 0 saturated carbocycles. The second-order valence-electron chi connectivity index (χ2n) is 5.62. The van der Waals surface area contributed by atoms with E-state index in [9.17, 15) is 14.4 Å². The topological polar surface area (TPSA) is 108 Å². The number of nitrogens with one attached hydrogen (secondary N) is 2. The van der Waals surface area contributed by atoms with Crippen molar-refractivity contribution in [2.75, 3.05) is 11.9 Å². The summed E-state index contributed by atoms with van der Waals surface area (Å²) in [7, 11) is 0. The van der Waals surface area contributed by atoms with Crippen LogP contribution < -0.4 is 10.6 Å². The summed E-state index contributed by atoms with van der Waals surface area (Å²) in [5, 5.41) is 14.2. The zero-order chi connectivity index (χ0) is 20.7. The number of halogens is 2. The number of esters is 1. The summed E-state index contributed by atoms with van der Waals surface area (Å²) in [5.41, 5.74) is 1.14. The summed E-state index contributed by atoms with van der Waals surface area (Å²) >= 11 is 11.6. The van der Waals surface area contributed by atoms with Gasteiger partial charge in [-0.25, -0.2) is 0 Å². The molecule has 0 aliphatic rings. The van der Waals surface area contributed by atoms with Crippen molar-refractivity contribution >= 4 is 46.7 Å². The van der Waals surface area contributed by atoms with Gasteiger partial charge in [-0.05, 0) is 49.4 Å². The third kappa shape index (κ3) is 5.98. The lowest BCUT2D eigenvalue weighted by Crippen LogP contribution is -2.35. The second kappa shape index (κ2) is 9.74. The van der Waals surface area contributed by atoms with Crippen LogP contribution in [0.5, 0.6) is 0 Å². The highest BCUT2D eigenvalue weighted by atomic mass is 35.5. The van der Waals surface area contributed by atoms with Crippen molar-refractivity contribution < 1.29 is 19.1 Å². The van der Waals surface area contributed by atoms with Gasteiger partial charge < -0.3 is 15.4 Å². The molecule has 1 atom stereocenters. The van der Waals surface area contributed by atoms with Gasteiger partial charge in [0.05, 0.1) is 21.7 Å². The predicted molar refractivity (Wildman–Crippen MR) is 104 cm³/mol. The van der Waals surface area contributed by atoms with E-state index < -0.39 is 30.4 Å². The number of rotatable bonds is 6. The van der Waals surface area contributed by atoms with Gasteiger partial charge in [-0.1, -0.05) is 23.2 Å². The maximum Gasteiger partial charge on any atom is 0.326 e. The summed E-state index contributed by atoms with van der Waals surface area (Å²) in [4.78, 5) is 35.9. The molecule has 2 rings (SSSR count). The molecular weight excluding hydrogens is 405 g/mol. The molecular formula is C19H15Cl2N3O4. The standard InChI is InChI=1S/C19H15Cl2N3O4/c1-11(18(26)24-14-5-2-12(9-22)3-6-14)28-17(25)10-23-19(27)13-4-7-15(20)16(21)8-13/h2-8,11H,10H2,1H3,(H,23,27)(H,24,26). The van der Waals surface area contributed by atoms with Crippen LogP contribution in [0.4, 0.5) is 5.69 Å². The Morgan fingerprint density at radius 3 is 2.39 bits per heavy atom. The van der Waals surface area contributed by atoms with Crippen LogP contribution in [-0.2, 0) is 14.3 Å². The summed E-state index contributed by atoms with van der Waals surface area (Å²) in [5.74, 6) is -1.87. The summed E-state index contributed by atoms with van der Waals surface area (Å²) in [6, 6.07) is 12.5. The molecule has 0 aliphatic carbocycles. The zero-order valence-corrected chi connectivity index (χ0v) is 16.2. The Kier molecular flexibility index (Phi) is 7.38. The molecule has 0 fully saturated rings. The molecule has 0 heterocycles. The first-order valence-corrected chi connectivity index (χ1v) is 8.79. The Morgan fingerprint density at radius 2 is 1.79 bits per heavy atom. The van der Waals surface area contributed by atoms with Crippen LogP contribution in [0.15, 0.2) is 42.5 Å². The molecule has 2 amide bonds. The number of carbonyl (C=O) groups excluding carboxylic acids is 3. The number of amides is 2. The average Bonchev–Trinajstić information content (AvgIpc) is 2.68. The lowest BCUT2D eigenvalue weighted by Gasteiger charge is -2.14. The molecule has 2 aromatic carbocycles. The van der Waals surface area contributed by atoms with E-state index in [0.717, 1.165) is 0 Å². The number of nitrogens with zero attached hydrogens (tertiary/aromatic N) is 1. The van der Waals surface area contributed by atoms with Gasteiger partial charge >= 0.3 is 5.97 Å². The normalized spacial score (nSPS) is 11.1. The van der Waals surface area contributed by atoms with Crippen LogP contribution in [0.25, 0.3) is 0 Å². The van der Waals surface area contributed by atoms with Gasteiger partial charge in [0.25, 0.3) is 11.8 Å². The number of benzene rings is 2. The molecule has 9 heteroatoms. The van der Waals surface area contributed by atoms with E-state index in [1.54, 1.807) is 24.3 Å². The predicted octanol–water partition coefficient (Wildman–Crippen LogP) is 3.17. The van der Waals surface area contributed by atoms with E-state index in [2.05, 4.69) is 10.6 Å². The van der Waals surface area contributed by atoms with Crippen LogP contribution in [0.2, 0.25) is 10.0 Å². The maximum atomic E-state index is 12.1. The molecule has 28 heavy (non-hydrogen) atoms. The van der Waals surface area contributed by atoms with E-state index in [0.29, 0.717) is 16.3 Å². The summed E-state index contributed by atoms with van der Waals surface area (Å²) in [6.07, 6.45) is -1.08. The number of hydrogen-bond acceptors (Lipinski definition) is 5. The van der Waals surface area contributed by atoms with Gasteiger partial charge in [0.1, 0.15) is 6.54 Å². The van der Waals surface area contributed by atoms with Crippen LogP contribution >= 0.6 is 23.2 Å². The van der Waals surface area contributed by atoms with Gasteiger partial charge in [-0.2, -0.15) is 5.26 Å². The Hall–Kier alpha value is -3.08. The van der Waals surface area contributed by atoms with Crippen molar-refractivity contribution in [3.05, 3.63) is 63.6 Å².